The summed E-state index contributed by atoms with van der Waals surface area (Å²) in [6, 6.07) is 1.77. The van der Waals surface area contributed by atoms with Gasteiger partial charge in [-0.2, -0.15) is 0 Å². The molecule has 2 N–H and O–H groups in total. The van der Waals surface area contributed by atoms with E-state index in [1.807, 2.05) is 0 Å². The Kier molecular flexibility index (Phi) is 2.25. The summed E-state index contributed by atoms with van der Waals surface area (Å²) in [5.41, 5.74) is 7.46. The van der Waals surface area contributed by atoms with Gasteiger partial charge in [-0.05, 0) is 30.9 Å². The second kappa shape index (κ2) is 3.96. The number of aryl methyl sites for hydroxylation is 2. The van der Waals surface area contributed by atoms with E-state index in [4.69, 9.17) is 5.73 Å². The van der Waals surface area contributed by atoms with Gasteiger partial charge in [0.05, 0.1) is 5.39 Å². The maximum absolute atomic E-state index is 6.11. The zero-order valence-corrected chi connectivity index (χ0v) is 10.9. The zero-order valence-electron chi connectivity index (χ0n) is 10.1. The number of anilines is 1. The molecule has 0 saturated heterocycles. The first-order valence-electron chi connectivity index (χ1n) is 6.18. The van der Waals surface area contributed by atoms with Crippen LogP contribution in [0.1, 0.15) is 16.9 Å². The summed E-state index contributed by atoms with van der Waals surface area (Å²) in [6.07, 6.45) is 6.79. The Hall–Kier alpha value is -2.08. The van der Waals surface area contributed by atoms with E-state index in [0.29, 0.717) is 17.5 Å². The lowest BCUT2D eigenvalue weighted by molar-refractivity contribution is 0.917. The molecule has 0 fully saturated rings. The van der Waals surface area contributed by atoms with Crippen LogP contribution < -0.4 is 5.73 Å². The molecule has 94 valence electrons. The van der Waals surface area contributed by atoms with Gasteiger partial charge in [0.1, 0.15) is 10.6 Å². The molecule has 3 aromatic rings. The summed E-state index contributed by atoms with van der Waals surface area (Å²) in [7, 11) is 0. The smallest absolute Gasteiger partial charge is 0.201 e. The van der Waals surface area contributed by atoms with Crippen molar-refractivity contribution in [2.24, 2.45) is 0 Å². The molecule has 1 aliphatic carbocycles. The Bertz CT molecular complexity index is 766. The van der Waals surface area contributed by atoms with Crippen LogP contribution in [0.25, 0.3) is 21.9 Å². The van der Waals surface area contributed by atoms with Crippen LogP contribution in [0, 0.1) is 0 Å². The Morgan fingerprint density at radius 1 is 1.05 bits per heavy atom. The lowest BCUT2D eigenvalue weighted by atomic mass is 10.2. The van der Waals surface area contributed by atoms with E-state index in [2.05, 4.69) is 19.9 Å². The quantitative estimate of drug-likeness (QED) is 0.733. The molecule has 0 aliphatic heterocycles. The van der Waals surface area contributed by atoms with Crippen LogP contribution in [-0.2, 0) is 12.8 Å². The van der Waals surface area contributed by atoms with E-state index in [0.717, 1.165) is 23.1 Å². The van der Waals surface area contributed by atoms with Crippen LogP contribution in [0.3, 0.4) is 0 Å². The van der Waals surface area contributed by atoms with Gasteiger partial charge in [0, 0.05) is 17.3 Å². The van der Waals surface area contributed by atoms with E-state index >= 15 is 0 Å². The highest BCUT2D eigenvalue weighted by molar-refractivity contribution is 7.19. The van der Waals surface area contributed by atoms with Gasteiger partial charge in [0.2, 0.25) is 5.82 Å². The first kappa shape index (κ1) is 10.8. The highest BCUT2D eigenvalue weighted by atomic mass is 32.1. The fraction of sp³-hybridized carbons (Fsp3) is 0.231. The summed E-state index contributed by atoms with van der Waals surface area (Å²) >= 11 is 1.72. The van der Waals surface area contributed by atoms with Crippen molar-refractivity contribution in [3.8, 4) is 11.6 Å². The minimum Gasteiger partial charge on any atom is -0.383 e. The number of hydrogen-bond acceptors (Lipinski definition) is 6. The second-order valence-electron chi connectivity index (χ2n) is 4.54. The number of hydrogen-bond donors (Lipinski definition) is 1. The molecule has 5 nitrogen and oxygen atoms in total. The normalized spacial score (nSPS) is 13.9. The molecule has 0 bridgehead atoms. The summed E-state index contributed by atoms with van der Waals surface area (Å²) in [5, 5.41) is 1.04. The molecule has 3 aromatic heterocycles. The predicted octanol–water partition coefficient (Wildman–Crippen LogP) is 2.22. The molecule has 0 unspecified atom stereocenters. The number of fused-ring (bicyclic) bond motifs is 3. The van der Waals surface area contributed by atoms with Crippen molar-refractivity contribution < 1.29 is 0 Å². The molecule has 6 heteroatoms. The molecular weight excluding hydrogens is 258 g/mol. The number of rotatable bonds is 1. The van der Waals surface area contributed by atoms with Gasteiger partial charge in [-0.25, -0.2) is 19.9 Å². The maximum atomic E-state index is 6.11. The molecule has 19 heavy (non-hydrogen) atoms. The Morgan fingerprint density at radius 3 is 2.74 bits per heavy atom. The predicted molar refractivity (Wildman–Crippen MR) is 74.9 cm³/mol. The van der Waals surface area contributed by atoms with Crippen LogP contribution in [-0.4, -0.2) is 19.9 Å². The first-order valence-corrected chi connectivity index (χ1v) is 7.00. The van der Waals surface area contributed by atoms with E-state index in [9.17, 15) is 0 Å². The van der Waals surface area contributed by atoms with Gasteiger partial charge in [-0.1, -0.05) is 0 Å². The molecule has 0 spiro atoms. The largest absolute Gasteiger partial charge is 0.383 e. The second-order valence-corrected chi connectivity index (χ2v) is 5.63. The molecular formula is C13H11N5S. The molecule has 0 atom stereocenters. The van der Waals surface area contributed by atoms with E-state index in [1.54, 1.807) is 29.8 Å². The van der Waals surface area contributed by atoms with Crippen LogP contribution >= 0.6 is 11.3 Å². The number of aromatic nitrogens is 4. The van der Waals surface area contributed by atoms with Crippen LogP contribution in [0.2, 0.25) is 0 Å². The third-order valence-corrected chi connectivity index (χ3v) is 4.54. The zero-order chi connectivity index (χ0) is 12.8. The highest BCUT2D eigenvalue weighted by Crippen LogP contribution is 2.39. The third-order valence-electron chi connectivity index (χ3n) is 3.36. The molecule has 0 radical (unpaired) electrons. The number of nitrogens with zero attached hydrogens (tertiary/aromatic N) is 4. The average molecular weight is 269 g/mol. The third kappa shape index (κ3) is 1.60. The van der Waals surface area contributed by atoms with Gasteiger partial charge >= 0.3 is 0 Å². The highest BCUT2D eigenvalue weighted by Gasteiger charge is 2.21. The summed E-state index contributed by atoms with van der Waals surface area (Å²) in [4.78, 5) is 19.7. The van der Waals surface area contributed by atoms with Gasteiger partial charge in [-0.15, -0.1) is 11.3 Å². The molecule has 0 aromatic carbocycles. The Balaban J connectivity index is 1.97. The summed E-state index contributed by atoms with van der Waals surface area (Å²) in [5.74, 6) is 1.57. The van der Waals surface area contributed by atoms with E-state index in [1.165, 1.54) is 16.9 Å². The van der Waals surface area contributed by atoms with Gasteiger partial charge < -0.3 is 5.73 Å². The average Bonchev–Trinajstić information content (AvgIpc) is 2.99. The van der Waals surface area contributed by atoms with Gasteiger partial charge in [0.25, 0.3) is 0 Å². The van der Waals surface area contributed by atoms with Crippen molar-refractivity contribution in [2.45, 2.75) is 19.3 Å². The van der Waals surface area contributed by atoms with Gasteiger partial charge in [0.15, 0.2) is 5.82 Å². The van der Waals surface area contributed by atoms with Crippen molar-refractivity contribution in [1.82, 2.24) is 19.9 Å². The summed E-state index contributed by atoms with van der Waals surface area (Å²) in [6.45, 7) is 0. The Labute approximate surface area is 113 Å². The minimum absolute atomic E-state index is 0.505. The molecule has 4 rings (SSSR count). The molecule has 3 heterocycles. The fourth-order valence-corrected chi connectivity index (χ4v) is 3.81. The SMILES string of the molecule is Nc1nc(-c2ncccn2)nc2sc3c(c12)CCC3. The van der Waals surface area contributed by atoms with Gasteiger partial charge in [-0.3, -0.25) is 0 Å². The number of nitrogen functional groups attached to an aromatic ring is 1. The topological polar surface area (TPSA) is 77.6 Å². The van der Waals surface area contributed by atoms with Crippen molar-refractivity contribution in [2.75, 3.05) is 5.73 Å². The lowest BCUT2D eigenvalue weighted by Crippen LogP contribution is -1.99. The lowest BCUT2D eigenvalue weighted by Gasteiger charge is -2.02. The standard InChI is InChI=1S/C13H11N5S/c14-10-9-7-3-1-4-8(7)19-13(9)18-12(17-10)11-15-5-2-6-16-11/h2,5-6H,1,3-4H2,(H2,14,17,18). The van der Waals surface area contributed by atoms with Crippen molar-refractivity contribution in [3.05, 3.63) is 28.9 Å². The molecule has 0 amide bonds. The van der Waals surface area contributed by atoms with Crippen molar-refractivity contribution >= 4 is 27.4 Å². The number of nitrogens with two attached hydrogens (primary N) is 1. The maximum Gasteiger partial charge on any atom is 0.201 e. The molecule has 0 saturated carbocycles. The van der Waals surface area contributed by atoms with Crippen LogP contribution in [0.5, 0.6) is 0 Å². The minimum atomic E-state index is 0.505. The van der Waals surface area contributed by atoms with E-state index < -0.39 is 0 Å². The van der Waals surface area contributed by atoms with E-state index in [-0.39, 0.29) is 0 Å². The van der Waals surface area contributed by atoms with Crippen LogP contribution in [0.15, 0.2) is 18.5 Å². The number of thiophene rings is 1. The van der Waals surface area contributed by atoms with Crippen molar-refractivity contribution in [3.63, 3.8) is 0 Å². The first-order chi connectivity index (χ1) is 9.33. The summed E-state index contributed by atoms with van der Waals surface area (Å²) < 4.78 is 0. The monoisotopic (exact) mass is 269 g/mol. The van der Waals surface area contributed by atoms with Crippen LogP contribution in [0.4, 0.5) is 5.82 Å². The van der Waals surface area contributed by atoms with Crippen molar-refractivity contribution in [1.29, 1.82) is 0 Å². The Morgan fingerprint density at radius 2 is 1.89 bits per heavy atom. The molecule has 1 aliphatic rings. The fourth-order valence-electron chi connectivity index (χ4n) is 2.54.